The van der Waals surface area contributed by atoms with Crippen LogP contribution in [0.3, 0.4) is 0 Å². The number of carbonyl (C=O) groups is 1. The summed E-state index contributed by atoms with van der Waals surface area (Å²) < 4.78 is 0.983. The topological polar surface area (TPSA) is 37.3 Å². The number of phenolic OH excluding ortho intramolecular Hbond substituents is 1. The second-order valence-corrected chi connectivity index (χ2v) is 4.67. The third-order valence-electron chi connectivity index (χ3n) is 2.62. The van der Waals surface area contributed by atoms with Gasteiger partial charge >= 0.3 is 0 Å². The molecule has 1 N–H and O–H groups in total. The maximum Gasteiger partial charge on any atom is 0.131 e. The summed E-state index contributed by atoms with van der Waals surface area (Å²) in [6, 6.07) is 14.3. The van der Waals surface area contributed by atoms with Gasteiger partial charge in [0.15, 0.2) is 0 Å². The summed E-state index contributed by atoms with van der Waals surface area (Å²) in [7, 11) is 0. The number of rotatable bonds is 3. The van der Waals surface area contributed by atoms with Crippen molar-refractivity contribution in [1.29, 1.82) is 0 Å². The van der Waals surface area contributed by atoms with Gasteiger partial charge in [0.25, 0.3) is 0 Å². The van der Waals surface area contributed by atoms with Crippen LogP contribution in [-0.4, -0.2) is 11.4 Å². The van der Waals surface area contributed by atoms with Crippen molar-refractivity contribution in [1.82, 2.24) is 0 Å². The largest absolute Gasteiger partial charge is 0.508 e. The monoisotopic (exact) mass is 290 g/mol. The van der Waals surface area contributed by atoms with Gasteiger partial charge in [-0.25, -0.2) is 0 Å². The molecular formula is C14H11BrO2. The molecule has 17 heavy (non-hydrogen) atoms. The lowest BCUT2D eigenvalue weighted by Crippen LogP contribution is -2.01. The van der Waals surface area contributed by atoms with Crippen LogP contribution in [0.25, 0.3) is 0 Å². The van der Waals surface area contributed by atoms with Crippen molar-refractivity contribution in [2.24, 2.45) is 0 Å². The number of hydrogen-bond acceptors (Lipinski definition) is 2. The van der Waals surface area contributed by atoms with Crippen LogP contribution in [-0.2, 0) is 4.79 Å². The van der Waals surface area contributed by atoms with Gasteiger partial charge in [-0.15, -0.1) is 0 Å². The average Bonchev–Trinajstić information content (AvgIpc) is 2.35. The molecule has 0 aromatic heterocycles. The Morgan fingerprint density at radius 2 is 1.41 bits per heavy atom. The first-order chi connectivity index (χ1) is 8.20. The highest BCUT2D eigenvalue weighted by Gasteiger charge is 2.12. The number of aldehydes is 1. The van der Waals surface area contributed by atoms with Gasteiger partial charge in [-0.3, -0.25) is 0 Å². The van der Waals surface area contributed by atoms with Crippen LogP contribution in [0.1, 0.15) is 17.0 Å². The molecule has 0 amide bonds. The smallest absolute Gasteiger partial charge is 0.131 e. The fraction of sp³-hybridized carbons (Fsp3) is 0.0714. The lowest BCUT2D eigenvalue weighted by Gasteiger charge is -2.11. The Bertz CT molecular complexity index is 457. The summed E-state index contributed by atoms with van der Waals surface area (Å²) in [6.07, 6.45) is 0.912. The number of hydrogen-bond donors (Lipinski definition) is 1. The second-order valence-electron chi connectivity index (χ2n) is 3.76. The number of aromatic hydroxyl groups is 1. The summed E-state index contributed by atoms with van der Waals surface area (Å²) in [5.41, 5.74) is 1.81. The van der Waals surface area contributed by atoms with Gasteiger partial charge in [-0.05, 0) is 35.4 Å². The Labute approximate surface area is 108 Å². The molecule has 2 nitrogen and oxygen atoms in total. The van der Waals surface area contributed by atoms with E-state index in [9.17, 15) is 9.90 Å². The Morgan fingerprint density at radius 1 is 0.941 bits per heavy atom. The molecular weight excluding hydrogens is 280 g/mol. The number of halogens is 1. The van der Waals surface area contributed by atoms with Gasteiger partial charge in [0.1, 0.15) is 12.0 Å². The van der Waals surface area contributed by atoms with Crippen LogP contribution in [0.15, 0.2) is 53.0 Å². The molecule has 0 bridgehead atoms. The molecule has 2 aromatic rings. The lowest BCUT2D eigenvalue weighted by molar-refractivity contribution is -0.108. The molecule has 3 heteroatoms. The molecule has 0 fully saturated rings. The molecule has 0 radical (unpaired) electrons. The van der Waals surface area contributed by atoms with Crippen molar-refractivity contribution in [3.63, 3.8) is 0 Å². The minimum Gasteiger partial charge on any atom is -0.508 e. The minimum absolute atomic E-state index is 0.203. The number of carbonyl (C=O) groups excluding carboxylic acids is 1. The van der Waals surface area contributed by atoms with Crippen LogP contribution < -0.4 is 0 Å². The summed E-state index contributed by atoms with van der Waals surface area (Å²) in [6.45, 7) is 0. The van der Waals surface area contributed by atoms with Crippen LogP contribution in [0.2, 0.25) is 0 Å². The van der Waals surface area contributed by atoms with Crippen LogP contribution in [0.5, 0.6) is 5.75 Å². The maximum atomic E-state index is 11.2. The molecule has 1 unspecified atom stereocenters. The van der Waals surface area contributed by atoms with Crippen LogP contribution in [0.4, 0.5) is 0 Å². The molecule has 86 valence electrons. The van der Waals surface area contributed by atoms with Crippen molar-refractivity contribution < 1.29 is 9.90 Å². The minimum atomic E-state index is -0.288. The molecule has 0 saturated heterocycles. The predicted molar refractivity (Wildman–Crippen MR) is 70.2 cm³/mol. The molecule has 2 aromatic carbocycles. The van der Waals surface area contributed by atoms with E-state index in [1.165, 1.54) is 0 Å². The Morgan fingerprint density at radius 3 is 1.88 bits per heavy atom. The summed E-state index contributed by atoms with van der Waals surface area (Å²) in [5, 5.41) is 9.22. The molecule has 0 aliphatic heterocycles. The predicted octanol–water partition coefficient (Wildman–Crippen LogP) is 3.49. The van der Waals surface area contributed by atoms with E-state index in [1.807, 2.05) is 24.3 Å². The molecule has 0 heterocycles. The number of phenols is 1. The quantitative estimate of drug-likeness (QED) is 0.879. The van der Waals surface area contributed by atoms with Crippen molar-refractivity contribution in [3.05, 3.63) is 64.1 Å². The maximum absolute atomic E-state index is 11.2. The molecule has 2 rings (SSSR count). The van der Waals surface area contributed by atoms with Gasteiger partial charge < -0.3 is 9.90 Å². The SMILES string of the molecule is O=CC(c1ccc(O)cc1)c1ccc(Br)cc1. The first-order valence-electron chi connectivity index (χ1n) is 5.20. The van der Waals surface area contributed by atoms with E-state index in [1.54, 1.807) is 24.3 Å². The van der Waals surface area contributed by atoms with Gasteiger partial charge in [0.2, 0.25) is 0 Å². The first-order valence-corrected chi connectivity index (χ1v) is 5.99. The van der Waals surface area contributed by atoms with Crippen LogP contribution in [0, 0.1) is 0 Å². The average molecular weight is 291 g/mol. The van der Waals surface area contributed by atoms with E-state index in [0.717, 1.165) is 21.9 Å². The van der Waals surface area contributed by atoms with E-state index in [4.69, 9.17) is 0 Å². The van der Waals surface area contributed by atoms with E-state index in [-0.39, 0.29) is 11.7 Å². The van der Waals surface area contributed by atoms with Crippen molar-refractivity contribution >= 4 is 22.2 Å². The first kappa shape index (κ1) is 11.9. The zero-order valence-corrected chi connectivity index (χ0v) is 10.6. The fourth-order valence-electron chi connectivity index (χ4n) is 1.70. The van der Waals surface area contributed by atoms with E-state index >= 15 is 0 Å². The summed E-state index contributed by atoms with van der Waals surface area (Å²) in [5.74, 6) is -0.0853. The third kappa shape index (κ3) is 2.74. The highest BCUT2D eigenvalue weighted by atomic mass is 79.9. The molecule has 0 aliphatic rings. The van der Waals surface area contributed by atoms with Gasteiger partial charge in [-0.1, -0.05) is 40.2 Å². The summed E-state index contributed by atoms with van der Waals surface area (Å²) in [4.78, 5) is 11.2. The summed E-state index contributed by atoms with van der Waals surface area (Å²) >= 11 is 3.36. The van der Waals surface area contributed by atoms with E-state index in [2.05, 4.69) is 15.9 Å². The Kier molecular flexibility index (Phi) is 3.59. The van der Waals surface area contributed by atoms with E-state index < -0.39 is 0 Å². The standard InChI is InChI=1S/C14H11BrO2/c15-12-5-1-10(2-6-12)14(9-16)11-3-7-13(17)8-4-11/h1-9,14,17H. The van der Waals surface area contributed by atoms with Gasteiger partial charge in [0, 0.05) is 4.47 Å². The lowest BCUT2D eigenvalue weighted by atomic mass is 9.93. The Hall–Kier alpha value is -1.61. The normalized spacial score (nSPS) is 12.1. The van der Waals surface area contributed by atoms with Crippen molar-refractivity contribution in [2.45, 2.75) is 5.92 Å². The van der Waals surface area contributed by atoms with Gasteiger partial charge in [0.05, 0.1) is 5.92 Å². The highest BCUT2D eigenvalue weighted by molar-refractivity contribution is 9.10. The third-order valence-corrected chi connectivity index (χ3v) is 3.15. The zero-order chi connectivity index (χ0) is 12.3. The molecule has 1 atom stereocenters. The Balaban J connectivity index is 2.36. The molecule has 0 saturated carbocycles. The zero-order valence-electron chi connectivity index (χ0n) is 9.01. The van der Waals surface area contributed by atoms with E-state index in [0.29, 0.717) is 0 Å². The fourth-order valence-corrected chi connectivity index (χ4v) is 1.97. The second kappa shape index (κ2) is 5.15. The number of benzene rings is 2. The highest BCUT2D eigenvalue weighted by Crippen LogP contribution is 2.25. The molecule has 0 aliphatic carbocycles. The van der Waals surface area contributed by atoms with Crippen LogP contribution >= 0.6 is 15.9 Å². The van der Waals surface area contributed by atoms with Crippen molar-refractivity contribution in [3.8, 4) is 5.75 Å². The van der Waals surface area contributed by atoms with Gasteiger partial charge in [-0.2, -0.15) is 0 Å². The van der Waals surface area contributed by atoms with Crippen molar-refractivity contribution in [2.75, 3.05) is 0 Å². The molecule has 0 spiro atoms.